The molecule has 1 aromatic heterocycles. The molecule has 1 aliphatic rings. The van der Waals surface area contributed by atoms with Crippen LogP contribution in [0.2, 0.25) is 0 Å². The van der Waals surface area contributed by atoms with Crippen molar-refractivity contribution in [3.8, 4) is 0 Å². The summed E-state index contributed by atoms with van der Waals surface area (Å²) in [4.78, 5) is 14.4. The molecule has 0 bridgehead atoms. The van der Waals surface area contributed by atoms with Gasteiger partial charge in [-0.2, -0.15) is 0 Å². The van der Waals surface area contributed by atoms with Crippen molar-refractivity contribution in [2.45, 2.75) is 32.4 Å². The monoisotopic (exact) mass is 253 g/mol. The Morgan fingerprint density at radius 1 is 1.72 bits per heavy atom. The van der Waals surface area contributed by atoms with Crippen LogP contribution in [0.25, 0.3) is 0 Å². The molecule has 1 aromatic rings. The molecule has 7 nitrogen and oxygen atoms in total. The summed E-state index contributed by atoms with van der Waals surface area (Å²) in [7, 11) is 0. The minimum absolute atomic E-state index is 0.0593. The lowest BCUT2D eigenvalue weighted by molar-refractivity contribution is -0.392. The maximum atomic E-state index is 10.8. The summed E-state index contributed by atoms with van der Waals surface area (Å²) >= 11 is 0. The highest BCUT2D eigenvalue weighted by Crippen LogP contribution is 2.15. The highest BCUT2D eigenvalue weighted by molar-refractivity contribution is 5.18. The number of imidazole rings is 1. The number of nitro groups is 1. The number of rotatable bonds is 5. The third kappa shape index (κ3) is 2.68. The molecule has 0 amide bonds. The van der Waals surface area contributed by atoms with Gasteiger partial charge in [0.25, 0.3) is 0 Å². The molecule has 0 saturated carbocycles. The first-order valence-electron chi connectivity index (χ1n) is 6.14. The highest BCUT2D eigenvalue weighted by atomic mass is 16.6. The Hall–Kier alpha value is -1.47. The molecule has 2 N–H and O–H groups in total. The predicted molar refractivity (Wildman–Crippen MR) is 67.5 cm³/mol. The number of nitrogens with zero attached hydrogens (tertiary/aromatic N) is 3. The Labute approximate surface area is 106 Å². The van der Waals surface area contributed by atoms with Crippen LogP contribution in [0.3, 0.4) is 0 Å². The zero-order valence-corrected chi connectivity index (χ0v) is 10.8. The van der Waals surface area contributed by atoms with Gasteiger partial charge in [-0.15, -0.1) is 0 Å². The van der Waals surface area contributed by atoms with Crippen molar-refractivity contribution in [3.05, 3.63) is 22.1 Å². The summed E-state index contributed by atoms with van der Waals surface area (Å²) in [5, 5.41) is 17.6. The van der Waals surface area contributed by atoms with Crippen LogP contribution in [0.5, 0.6) is 0 Å². The molecule has 1 unspecified atom stereocenters. The summed E-state index contributed by atoms with van der Waals surface area (Å²) in [6.07, 6.45) is 2.40. The topological polar surface area (TPSA) is 85.0 Å². The van der Waals surface area contributed by atoms with E-state index in [-0.39, 0.29) is 11.4 Å². The molecule has 0 aromatic carbocycles. The summed E-state index contributed by atoms with van der Waals surface area (Å²) in [5.41, 5.74) is 0.100. The van der Waals surface area contributed by atoms with Crippen molar-refractivity contribution in [2.24, 2.45) is 0 Å². The quantitative estimate of drug-likeness (QED) is 0.587. The molecule has 100 valence electrons. The van der Waals surface area contributed by atoms with Gasteiger partial charge in [0, 0.05) is 25.6 Å². The van der Waals surface area contributed by atoms with Crippen LogP contribution >= 0.6 is 0 Å². The molecule has 1 atom stereocenters. The van der Waals surface area contributed by atoms with Crippen LogP contribution in [0.4, 0.5) is 5.82 Å². The first kappa shape index (κ1) is 13.0. The standard InChI is InChI=1S/C11H19N5O2/c1-9-13-7-10(16(17)18)15(9)6-5-14-11(2)3-4-12-8-11/h7,12,14H,3-6,8H2,1-2H3. The van der Waals surface area contributed by atoms with Crippen LogP contribution < -0.4 is 10.6 Å². The van der Waals surface area contributed by atoms with Gasteiger partial charge in [0.05, 0.1) is 0 Å². The van der Waals surface area contributed by atoms with Gasteiger partial charge < -0.3 is 20.7 Å². The summed E-state index contributed by atoms with van der Waals surface area (Å²) in [6, 6.07) is 0. The average Bonchev–Trinajstić information content (AvgIpc) is 2.87. The fraction of sp³-hybridized carbons (Fsp3) is 0.727. The first-order chi connectivity index (χ1) is 8.52. The number of aromatic nitrogens is 2. The van der Waals surface area contributed by atoms with Crippen molar-refractivity contribution >= 4 is 5.82 Å². The van der Waals surface area contributed by atoms with E-state index in [1.54, 1.807) is 11.5 Å². The van der Waals surface area contributed by atoms with E-state index in [2.05, 4.69) is 22.5 Å². The molecule has 1 saturated heterocycles. The van der Waals surface area contributed by atoms with Gasteiger partial charge >= 0.3 is 5.82 Å². The zero-order valence-electron chi connectivity index (χ0n) is 10.8. The van der Waals surface area contributed by atoms with Crippen molar-refractivity contribution in [3.63, 3.8) is 0 Å². The van der Waals surface area contributed by atoms with E-state index >= 15 is 0 Å². The molecular weight excluding hydrogens is 234 g/mol. The van der Waals surface area contributed by atoms with Gasteiger partial charge in [-0.05, 0) is 24.8 Å². The molecule has 1 aliphatic heterocycles. The molecular formula is C11H19N5O2. The van der Waals surface area contributed by atoms with Crippen molar-refractivity contribution in [1.82, 2.24) is 20.2 Å². The third-order valence-corrected chi connectivity index (χ3v) is 3.48. The minimum Gasteiger partial charge on any atom is -0.358 e. The molecule has 7 heteroatoms. The maximum absolute atomic E-state index is 10.8. The lowest BCUT2D eigenvalue weighted by Crippen LogP contribution is -2.45. The van der Waals surface area contributed by atoms with Gasteiger partial charge in [0.15, 0.2) is 5.82 Å². The van der Waals surface area contributed by atoms with E-state index in [0.717, 1.165) is 19.5 Å². The average molecular weight is 253 g/mol. The number of hydrogen-bond donors (Lipinski definition) is 2. The Balaban J connectivity index is 1.94. The van der Waals surface area contributed by atoms with Gasteiger partial charge in [0.2, 0.25) is 0 Å². The predicted octanol–water partition coefficient (Wildman–Crippen LogP) is 0.441. The van der Waals surface area contributed by atoms with E-state index in [1.807, 2.05) is 0 Å². The third-order valence-electron chi connectivity index (χ3n) is 3.48. The normalized spacial score (nSPS) is 23.4. The minimum atomic E-state index is -0.390. The molecule has 18 heavy (non-hydrogen) atoms. The molecule has 0 spiro atoms. The van der Waals surface area contributed by atoms with E-state index < -0.39 is 4.92 Å². The molecule has 2 rings (SSSR count). The van der Waals surface area contributed by atoms with Gasteiger partial charge in [-0.3, -0.25) is 0 Å². The lowest BCUT2D eigenvalue weighted by Gasteiger charge is -2.24. The number of nitrogens with one attached hydrogen (secondary N) is 2. The number of aryl methyl sites for hydroxylation is 1. The van der Waals surface area contributed by atoms with Crippen molar-refractivity contribution in [2.75, 3.05) is 19.6 Å². The van der Waals surface area contributed by atoms with Gasteiger partial charge in [0.1, 0.15) is 12.7 Å². The summed E-state index contributed by atoms with van der Waals surface area (Å²) in [5.74, 6) is 0.738. The van der Waals surface area contributed by atoms with Crippen LogP contribution in [0.1, 0.15) is 19.2 Å². The zero-order chi connectivity index (χ0) is 13.2. The van der Waals surface area contributed by atoms with E-state index in [1.165, 1.54) is 6.20 Å². The SMILES string of the molecule is Cc1ncc([N+](=O)[O-])n1CCNC1(C)CCNC1. The van der Waals surface area contributed by atoms with E-state index in [0.29, 0.717) is 18.9 Å². The van der Waals surface area contributed by atoms with Gasteiger partial charge in [-0.25, -0.2) is 9.55 Å². The first-order valence-corrected chi connectivity index (χ1v) is 6.14. The van der Waals surface area contributed by atoms with E-state index in [9.17, 15) is 10.1 Å². The molecule has 0 radical (unpaired) electrons. The van der Waals surface area contributed by atoms with Crippen molar-refractivity contribution in [1.29, 1.82) is 0 Å². The second kappa shape index (κ2) is 5.03. The summed E-state index contributed by atoms with van der Waals surface area (Å²) in [6.45, 7) is 7.19. The van der Waals surface area contributed by atoms with Crippen molar-refractivity contribution < 1.29 is 4.92 Å². The van der Waals surface area contributed by atoms with Crippen LogP contribution in [0.15, 0.2) is 6.20 Å². The fourth-order valence-corrected chi connectivity index (χ4v) is 2.32. The second-order valence-electron chi connectivity index (χ2n) is 4.99. The molecule has 0 aliphatic carbocycles. The Morgan fingerprint density at radius 2 is 2.50 bits per heavy atom. The Morgan fingerprint density at radius 3 is 3.11 bits per heavy atom. The Bertz CT molecular complexity index is 437. The van der Waals surface area contributed by atoms with Crippen LogP contribution in [-0.4, -0.2) is 39.6 Å². The molecule has 1 fully saturated rings. The van der Waals surface area contributed by atoms with Crippen LogP contribution in [-0.2, 0) is 6.54 Å². The van der Waals surface area contributed by atoms with E-state index in [4.69, 9.17) is 0 Å². The Kier molecular flexibility index (Phi) is 3.63. The maximum Gasteiger partial charge on any atom is 0.342 e. The largest absolute Gasteiger partial charge is 0.358 e. The smallest absolute Gasteiger partial charge is 0.342 e. The second-order valence-corrected chi connectivity index (χ2v) is 4.99. The number of hydrogen-bond acceptors (Lipinski definition) is 5. The highest BCUT2D eigenvalue weighted by Gasteiger charge is 2.28. The van der Waals surface area contributed by atoms with Crippen LogP contribution in [0, 0.1) is 17.0 Å². The lowest BCUT2D eigenvalue weighted by atomic mass is 10.0. The van der Waals surface area contributed by atoms with Gasteiger partial charge in [-0.1, -0.05) is 0 Å². The summed E-state index contributed by atoms with van der Waals surface area (Å²) < 4.78 is 1.64. The molecule has 2 heterocycles. The fourth-order valence-electron chi connectivity index (χ4n) is 2.32.